The Morgan fingerprint density at radius 1 is 0.737 bits per heavy atom. The first kappa shape index (κ1) is 13.8. The van der Waals surface area contributed by atoms with E-state index in [9.17, 15) is 5.11 Å². The molecule has 2 aromatic rings. The fourth-order valence-electron chi connectivity index (χ4n) is 2.66. The third-order valence-electron chi connectivity index (χ3n) is 3.55. The molecule has 0 aliphatic heterocycles. The molecule has 2 rings (SSSR count). The van der Waals surface area contributed by atoms with E-state index >= 15 is 0 Å². The first-order valence-corrected chi connectivity index (χ1v) is 6.78. The van der Waals surface area contributed by atoms with Crippen molar-refractivity contribution in [3.8, 4) is 0 Å². The highest BCUT2D eigenvalue weighted by atomic mass is 16.3. The van der Waals surface area contributed by atoms with Crippen LogP contribution < -0.4 is 0 Å². The molecule has 1 heteroatoms. The molecule has 0 aliphatic carbocycles. The Balaban J connectivity index is 2.40. The summed E-state index contributed by atoms with van der Waals surface area (Å²) >= 11 is 0. The van der Waals surface area contributed by atoms with Crippen molar-refractivity contribution in [3.63, 3.8) is 0 Å². The third-order valence-corrected chi connectivity index (χ3v) is 3.55. The van der Waals surface area contributed by atoms with Crippen molar-refractivity contribution in [1.29, 1.82) is 0 Å². The maximum atomic E-state index is 10.8. The minimum atomic E-state index is -0.483. The van der Waals surface area contributed by atoms with Crippen molar-refractivity contribution in [2.45, 2.75) is 32.8 Å². The number of rotatable bonds is 3. The summed E-state index contributed by atoms with van der Waals surface area (Å²) in [4.78, 5) is 0. The molecule has 0 radical (unpaired) electrons. The Kier molecular flexibility index (Phi) is 4.06. The van der Waals surface area contributed by atoms with E-state index in [4.69, 9.17) is 0 Å². The van der Waals surface area contributed by atoms with E-state index in [1.54, 1.807) is 0 Å². The van der Waals surface area contributed by atoms with Crippen molar-refractivity contribution < 1.29 is 5.11 Å². The zero-order chi connectivity index (χ0) is 13.9. The Morgan fingerprint density at radius 2 is 1.16 bits per heavy atom. The number of aliphatic hydroxyl groups is 1. The molecule has 0 aromatic heterocycles. The highest BCUT2D eigenvalue weighted by Crippen LogP contribution is 2.43. The van der Waals surface area contributed by atoms with Crippen LogP contribution in [0, 0.1) is 5.41 Å². The lowest BCUT2D eigenvalue weighted by molar-refractivity contribution is 0.0893. The molecule has 1 N–H and O–H groups in total. The average molecular weight is 254 g/mol. The van der Waals surface area contributed by atoms with Crippen LogP contribution in [0.1, 0.15) is 43.9 Å². The van der Waals surface area contributed by atoms with Gasteiger partial charge in [0.05, 0.1) is 6.10 Å². The summed E-state index contributed by atoms with van der Waals surface area (Å²) in [5.41, 5.74) is 2.16. The Labute approximate surface area is 115 Å². The van der Waals surface area contributed by atoms with Gasteiger partial charge in [0.1, 0.15) is 0 Å². The van der Waals surface area contributed by atoms with Crippen molar-refractivity contribution in [3.05, 3.63) is 71.8 Å². The fraction of sp³-hybridized carbons (Fsp3) is 0.333. The summed E-state index contributed by atoms with van der Waals surface area (Å²) in [5.74, 6) is 0.0797. The maximum Gasteiger partial charge on any atom is 0.0863 e. The molecule has 1 unspecified atom stereocenters. The lowest BCUT2D eigenvalue weighted by Crippen LogP contribution is -2.25. The molecular formula is C18H22O. The van der Waals surface area contributed by atoms with Gasteiger partial charge >= 0.3 is 0 Å². The van der Waals surface area contributed by atoms with Gasteiger partial charge < -0.3 is 5.11 Å². The second-order valence-corrected chi connectivity index (χ2v) is 6.11. The highest BCUT2D eigenvalue weighted by Gasteiger charge is 2.33. The molecule has 2 aromatic carbocycles. The van der Waals surface area contributed by atoms with Crippen molar-refractivity contribution in [2.24, 2.45) is 5.41 Å². The topological polar surface area (TPSA) is 20.2 Å². The van der Waals surface area contributed by atoms with E-state index in [-0.39, 0.29) is 11.3 Å². The smallest absolute Gasteiger partial charge is 0.0863 e. The van der Waals surface area contributed by atoms with E-state index in [0.717, 1.165) is 5.56 Å². The van der Waals surface area contributed by atoms with E-state index in [2.05, 4.69) is 32.9 Å². The predicted molar refractivity (Wildman–Crippen MR) is 80.0 cm³/mol. The zero-order valence-electron chi connectivity index (χ0n) is 11.9. The van der Waals surface area contributed by atoms with E-state index in [1.807, 2.05) is 48.5 Å². The molecule has 1 nitrogen and oxygen atoms in total. The van der Waals surface area contributed by atoms with Crippen LogP contribution in [-0.2, 0) is 0 Å². The monoisotopic (exact) mass is 254 g/mol. The Bertz CT molecular complexity index is 496. The van der Waals surface area contributed by atoms with Gasteiger partial charge in [-0.3, -0.25) is 0 Å². The molecule has 19 heavy (non-hydrogen) atoms. The second kappa shape index (κ2) is 5.58. The van der Waals surface area contributed by atoms with Gasteiger partial charge in [0.15, 0.2) is 0 Å². The molecule has 0 fully saturated rings. The van der Waals surface area contributed by atoms with E-state index < -0.39 is 6.10 Å². The predicted octanol–water partition coefficient (Wildman–Crippen LogP) is 4.55. The van der Waals surface area contributed by atoms with Crippen LogP contribution in [0.15, 0.2) is 60.7 Å². The van der Waals surface area contributed by atoms with E-state index in [1.165, 1.54) is 5.56 Å². The first-order valence-electron chi connectivity index (χ1n) is 6.78. The van der Waals surface area contributed by atoms with Crippen molar-refractivity contribution >= 4 is 0 Å². The Morgan fingerprint density at radius 3 is 1.58 bits per heavy atom. The van der Waals surface area contributed by atoms with Gasteiger partial charge in [-0.1, -0.05) is 81.4 Å². The SMILES string of the molecule is CC(C)(C)[C@H](c1ccccc1)C(O)c1ccccc1. The molecule has 0 bridgehead atoms. The van der Waals surface area contributed by atoms with Crippen LogP contribution in [0.3, 0.4) is 0 Å². The normalized spacial score (nSPS) is 14.9. The van der Waals surface area contributed by atoms with Crippen molar-refractivity contribution in [2.75, 3.05) is 0 Å². The van der Waals surface area contributed by atoms with Crippen molar-refractivity contribution in [1.82, 2.24) is 0 Å². The lowest BCUT2D eigenvalue weighted by Gasteiger charge is -2.35. The van der Waals surface area contributed by atoms with Gasteiger partial charge in [0.2, 0.25) is 0 Å². The number of aliphatic hydroxyl groups excluding tert-OH is 1. The fourth-order valence-corrected chi connectivity index (χ4v) is 2.66. The van der Waals surface area contributed by atoms with Gasteiger partial charge in [-0.15, -0.1) is 0 Å². The largest absolute Gasteiger partial charge is 0.388 e. The number of benzene rings is 2. The van der Waals surface area contributed by atoms with Gasteiger partial charge in [0.25, 0.3) is 0 Å². The first-order chi connectivity index (χ1) is 9.00. The quantitative estimate of drug-likeness (QED) is 0.852. The summed E-state index contributed by atoms with van der Waals surface area (Å²) in [7, 11) is 0. The van der Waals surface area contributed by atoms with Crippen LogP contribution in [-0.4, -0.2) is 5.11 Å². The maximum absolute atomic E-state index is 10.8. The zero-order valence-corrected chi connectivity index (χ0v) is 11.9. The summed E-state index contributed by atoms with van der Waals surface area (Å²) in [6, 6.07) is 20.2. The number of hydrogen-bond donors (Lipinski definition) is 1. The van der Waals surface area contributed by atoms with Crippen LogP contribution in [0.2, 0.25) is 0 Å². The second-order valence-electron chi connectivity index (χ2n) is 6.11. The molecule has 0 saturated heterocycles. The van der Waals surface area contributed by atoms with Crippen LogP contribution in [0.5, 0.6) is 0 Å². The van der Waals surface area contributed by atoms with Crippen LogP contribution >= 0.6 is 0 Å². The van der Waals surface area contributed by atoms with Gasteiger partial charge in [0, 0.05) is 5.92 Å². The van der Waals surface area contributed by atoms with Crippen LogP contribution in [0.4, 0.5) is 0 Å². The minimum absolute atomic E-state index is 0.00336. The summed E-state index contributed by atoms with van der Waals surface area (Å²) < 4.78 is 0. The molecule has 0 amide bonds. The highest BCUT2D eigenvalue weighted by molar-refractivity contribution is 5.28. The summed E-state index contributed by atoms with van der Waals surface area (Å²) in [6.07, 6.45) is -0.483. The molecule has 0 heterocycles. The molecular weight excluding hydrogens is 232 g/mol. The molecule has 2 atom stereocenters. The lowest BCUT2D eigenvalue weighted by atomic mass is 9.72. The van der Waals surface area contributed by atoms with Crippen LogP contribution in [0.25, 0.3) is 0 Å². The molecule has 0 aliphatic rings. The third kappa shape index (κ3) is 3.24. The Hall–Kier alpha value is -1.60. The van der Waals surface area contributed by atoms with Gasteiger partial charge in [-0.05, 0) is 16.5 Å². The molecule has 0 spiro atoms. The average Bonchev–Trinajstić information content (AvgIpc) is 2.39. The summed E-state index contributed by atoms with van der Waals surface area (Å²) in [5, 5.41) is 10.8. The van der Waals surface area contributed by atoms with Gasteiger partial charge in [-0.2, -0.15) is 0 Å². The minimum Gasteiger partial charge on any atom is -0.388 e. The summed E-state index contributed by atoms with van der Waals surface area (Å²) in [6.45, 7) is 6.53. The van der Waals surface area contributed by atoms with Gasteiger partial charge in [-0.25, -0.2) is 0 Å². The molecule has 100 valence electrons. The molecule has 0 saturated carbocycles. The standard InChI is InChI=1S/C18H22O/c1-18(2,3)16(14-10-6-4-7-11-14)17(19)15-12-8-5-9-13-15/h4-13,16-17,19H,1-3H3/t16-,17?/m1/s1. The number of hydrogen-bond acceptors (Lipinski definition) is 1. The van der Waals surface area contributed by atoms with E-state index in [0.29, 0.717) is 0 Å².